The van der Waals surface area contributed by atoms with Gasteiger partial charge in [-0.25, -0.2) is 9.79 Å². The maximum Gasteiger partial charge on any atom is 0.344 e. The molecule has 1 amide bonds. The molecule has 2 rings (SSSR count). The summed E-state index contributed by atoms with van der Waals surface area (Å²) in [6.07, 6.45) is 2.45. The molecular weight excluding hydrogens is 460 g/mol. The second-order valence-corrected chi connectivity index (χ2v) is 7.69. The normalized spacial score (nSPS) is 16.2. The molecular formula is C20H19BrN2O5S. The molecule has 0 atom stereocenters. The van der Waals surface area contributed by atoms with Crippen molar-refractivity contribution in [3.8, 4) is 11.8 Å². The number of benzene rings is 1. The predicted molar refractivity (Wildman–Crippen MR) is 114 cm³/mol. The summed E-state index contributed by atoms with van der Waals surface area (Å²) < 4.78 is 11.2. The average Bonchev–Trinajstić information content (AvgIpc) is 2.96. The lowest BCUT2D eigenvalue weighted by Gasteiger charge is -2.07. The number of aliphatic hydroxyl groups excluding tert-OH is 1. The highest BCUT2D eigenvalue weighted by atomic mass is 79.9. The molecule has 0 radical (unpaired) electrons. The van der Waals surface area contributed by atoms with Crippen molar-refractivity contribution < 1.29 is 24.2 Å². The Morgan fingerprint density at radius 1 is 1.38 bits per heavy atom. The lowest BCUT2D eigenvalue weighted by molar-refractivity contribution is -0.138. The number of hydrogen-bond acceptors (Lipinski definition) is 7. The van der Waals surface area contributed by atoms with Gasteiger partial charge in [0.2, 0.25) is 5.91 Å². The molecule has 1 aliphatic rings. The van der Waals surface area contributed by atoms with Crippen molar-refractivity contribution in [1.82, 2.24) is 0 Å². The quantitative estimate of drug-likeness (QED) is 0.572. The standard InChI is InChI=1S/C20H19BrN2O5S/c1-3-5-16(24)23-19-17(20(26)27-4-2)18(25)15(29-19)11-12-10-13(21)6-7-14(12)28-9-8-22/h6-7,10-11,25H,3-5,9H2,1-2H3/b15-11-,23-19?. The van der Waals surface area contributed by atoms with Crippen LogP contribution >= 0.6 is 27.7 Å². The summed E-state index contributed by atoms with van der Waals surface area (Å²) in [6.45, 7) is 3.47. The highest BCUT2D eigenvalue weighted by molar-refractivity contribution is 9.10. The molecule has 0 saturated carbocycles. The summed E-state index contributed by atoms with van der Waals surface area (Å²) in [5.41, 5.74) is 0.440. The second kappa shape index (κ2) is 10.8. The molecule has 9 heteroatoms. The van der Waals surface area contributed by atoms with Crippen LogP contribution in [0.5, 0.6) is 5.75 Å². The summed E-state index contributed by atoms with van der Waals surface area (Å²) in [4.78, 5) is 28.6. The number of amides is 1. The van der Waals surface area contributed by atoms with E-state index in [2.05, 4.69) is 20.9 Å². The summed E-state index contributed by atoms with van der Waals surface area (Å²) in [7, 11) is 0. The van der Waals surface area contributed by atoms with Gasteiger partial charge in [0.25, 0.3) is 0 Å². The first kappa shape index (κ1) is 22.7. The fourth-order valence-electron chi connectivity index (χ4n) is 2.39. The predicted octanol–water partition coefficient (Wildman–Crippen LogP) is 4.54. The van der Waals surface area contributed by atoms with E-state index in [1.165, 1.54) is 0 Å². The number of carbonyl (C=O) groups is 2. The van der Waals surface area contributed by atoms with Crippen LogP contribution in [0.25, 0.3) is 6.08 Å². The molecule has 0 aromatic heterocycles. The van der Waals surface area contributed by atoms with Gasteiger partial charge in [-0.05, 0) is 37.6 Å². The molecule has 1 aromatic carbocycles. The smallest absolute Gasteiger partial charge is 0.344 e. The Bertz CT molecular complexity index is 947. The zero-order valence-electron chi connectivity index (χ0n) is 15.9. The van der Waals surface area contributed by atoms with Crippen molar-refractivity contribution in [1.29, 1.82) is 5.26 Å². The molecule has 0 saturated heterocycles. The fourth-order valence-corrected chi connectivity index (χ4v) is 3.79. The minimum Gasteiger partial charge on any atom is -0.506 e. The van der Waals surface area contributed by atoms with Gasteiger partial charge in [0.15, 0.2) is 6.61 Å². The van der Waals surface area contributed by atoms with E-state index in [9.17, 15) is 14.7 Å². The fraction of sp³-hybridized carbons (Fsp3) is 0.300. The summed E-state index contributed by atoms with van der Waals surface area (Å²) in [6, 6.07) is 7.08. The number of carbonyl (C=O) groups excluding carboxylic acids is 2. The number of nitriles is 1. The number of hydrogen-bond donors (Lipinski definition) is 1. The number of thioether (sulfide) groups is 1. The molecule has 0 spiro atoms. The SMILES string of the molecule is CCCC(=O)N=C1S/C(=C\c2cc(Br)ccc2OCC#N)C(O)=C1C(=O)OCC. The molecule has 0 aliphatic carbocycles. The Hall–Kier alpha value is -2.57. The molecule has 152 valence electrons. The molecule has 0 unspecified atom stereocenters. The number of nitrogens with zero attached hydrogens (tertiary/aromatic N) is 2. The number of esters is 1. The van der Waals surface area contributed by atoms with Crippen LogP contribution in [0.3, 0.4) is 0 Å². The van der Waals surface area contributed by atoms with Gasteiger partial charge < -0.3 is 14.6 Å². The topological polar surface area (TPSA) is 109 Å². The van der Waals surface area contributed by atoms with Crippen LogP contribution in [0, 0.1) is 11.3 Å². The van der Waals surface area contributed by atoms with Crippen molar-refractivity contribution in [3.63, 3.8) is 0 Å². The van der Waals surface area contributed by atoms with Crippen molar-refractivity contribution in [3.05, 3.63) is 44.5 Å². The largest absolute Gasteiger partial charge is 0.506 e. The Morgan fingerprint density at radius 3 is 2.79 bits per heavy atom. The monoisotopic (exact) mass is 478 g/mol. The zero-order valence-corrected chi connectivity index (χ0v) is 18.3. The maximum atomic E-state index is 12.3. The second-order valence-electron chi connectivity index (χ2n) is 5.74. The lowest BCUT2D eigenvalue weighted by atomic mass is 10.1. The van der Waals surface area contributed by atoms with Gasteiger partial charge in [-0.2, -0.15) is 5.26 Å². The minimum atomic E-state index is -0.751. The van der Waals surface area contributed by atoms with Crippen LogP contribution in [0.2, 0.25) is 0 Å². The highest BCUT2D eigenvalue weighted by Crippen LogP contribution is 2.40. The van der Waals surface area contributed by atoms with Crippen molar-refractivity contribution in [2.75, 3.05) is 13.2 Å². The summed E-state index contributed by atoms with van der Waals surface area (Å²) in [5.74, 6) is -1.02. The van der Waals surface area contributed by atoms with Crippen LogP contribution in [0.1, 0.15) is 32.3 Å². The third-order valence-corrected chi connectivity index (χ3v) is 5.12. The van der Waals surface area contributed by atoms with Crippen molar-refractivity contribution in [2.45, 2.75) is 26.7 Å². The Labute approximate surface area is 181 Å². The lowest BCUT2D eigenvalue weighted by Crippen LogP contribution is -2.14. The van der Waals surface area contributed by atoms with E-state index in [-0.39, 0.29) is 41.9 Å². The summed E-state index contributed by atoms with van der Waals surface area (Å²) in [5, 5.41) is 19.5. The van der Waals surface area contributed by atoms with E-state index >= 15 is 0 Å². The van der Waals surface area contributed by atoms with Gasteiger partial charge in [-0.15, -0.1) is 0 Å². The van der Waals surface area contributed by atoms with E-state index in [4.69, 9.17) is 14.7 Å². The zero-order chi connectivity index (χ0) is 21.4. The molecule has 0 bridgehead atoms. The van der Waals surface area contributed by atoms with Crippen LogP contribution in [0.4, 0.5) is 0 Å². The first-order valence-electron chi connectivity index (χ1n) is 8.82. The first-order valence-corrected chi connectivity index (χ1v) is 10.4. The van der Waals surface area contributed by atoms with E-state index in [1.54, 1.807) is 31.2 Å². The van der Waals surface area contributed by atoms with E-state index in [0.717, 1.165) is 16.2 Å². The van der Waals surface area contributed by atoms with Gasteiger partial charge in [0, 0.05) is 16.5 Å². The molecule has 7 nitrogen and oxygen atoms in total. The first-order chi connectivity index (χ1) is 13.9. The number of halogens is 1. The van der Waals surface area contributed by atoms with Gasteiger partial charge >= 0.3 is 5.97 Å². The van der Waals surface area contributed by atoms with Crippen LogP contribution < -0.4 is 4.74 Å². The Balaban J connectivity index is 2.51. The maximum absolute atomic E-state index is 12.3. The van der Waals surface area contributed by atoms with Crippen LogP contribution in [-0.4, -0.2) is 35.2 Å². The number of rotatable bonds is 7. The number of aliphatic imine (C=N–C) groups is 1. The van der Waals surface area contributed by atoms with Crippen LogP contribution in [-0.2, 0) is 14.3 Å². The van der Waals surface area contributed by atoms with Gasteiger partial charge in [0.1, 0.15) is 28.2 Å². The van der Waals surface area contributed by atoms with E-state index in [1.807, 2.05) is 13.0 Å². The third-order valence-electron chi connectivity index (χ3n) is 3.61. The summed E-state index contributed by atoms with van der Waals surface area (Å²) >= 11 is 4.37. The average molecular weight is 479 g/mol. The molecule has 29 heavy (non-hydrogen) atoms. The highest BCUT2D eigenvalue weighted by Gasteiger charge is 2.33. The third kappa shape index (κ3) is 5.95. The molecule has 1 N–H and O–H groups in total. The van der Waals surface area contributed by atoms with E-state index in [0.29, 0.717) is 22.6 Å². The number of ether oxygens (including phenoxy) is 2. The van der Waals surface area contributed by atoms with Gasteiger partial charge in [0.05, 0.1) is 11.5 Å². The number of aliphatic hydroxyl groups is 1. The Morgan fingerprint density at radius 2 is 2.14 bits per heavy atom. The molecule has 1 aromatic rings. The molecule has 0 fully saturated rings. The van der Waals surface area contributed by atoms with Crippen molar-refractivity contribution in [2.24, 2.45) is 4.99 Å². The van der Waals surface area contributed by atoms with E-state index < -0.39 is 5.97 Å². The molecule has 1 heterocycles. The minimum absolute atomic E-state index is 0.0974. The Kier molecular flexibility index (Phi) is 8.49. The van der Waals surface area contributed by atoms with Crippen LogP contribution in [0.15, 0.2) is 43.9 Å². The van der Waals surface area contributed by atoms with Gasteiger partial charge in [-0.1, -0.05) is 34.6 Å². The molecule has 1 aliphatic heterocycles. The van der Waals surface area contributed by atoms with Crippen molar-refractivity contribution >= 4 is 50.7 Å². The van der Waals surface area contributed by atoms with Gasteiger partial charge in [-0.3, -0.25) is 4.79 Å².